The first-order valence-electron chi connectivity index (χ1n) is 4.44. The summed E-state index contributed by atoms with van der Waals surface area (Å²) in [5, 5.41) is 0.812. The van der Waals surface area contributed by atoms with Gasteiger partial charge in [-0.3, -0.25) is 0 Å². The third-order valence-corrected chi connectivity index (χ3v) is 3.09. The van der Waals surface area contributed by atoms with Crippen LogP contribution in [-0.4, -0.2) is 5.75 Å². The molecule has 13 heavy (non-hydrogen) atoms. The smallest absolute Gasteiger partial charge is 0.0406 e. The molecule has 1 aromatic rings. The Morgan fingerprint density at radius 2 is 1.92 bits per heavy atom. The fourth-order valence-corrected chi connectivity index (χ4v) is 2.08. The van der Waals surface area contributed by atoms with Gasteiger partial charge in [0.15, 0.2) is 0 Å². The number of thioether (sulfide) groups is 1. The lowest BCUT2D eigenvalue weighted by atomic mass is 10.2. The fraction of sp³-hybridized carbons (Fsp3) is 0.364. The molecule has 1 rings (SSSR count). The number of benzene rings is 1. The van der Waals surface area contributed by atoms with E-state index >= 15 is 0 Å². The Labute approximate surface area is 89.7 Å². The molecule has 0 aliphatic carbocycles. The molecule has 1 aromatic carbocycles. The van der Waals surface area contributed by atoms with Crippen molar-refractivity contribution < 1.29 is 0 Å². The van der Waals surface area contributed by atoms with Crippen molar-refractivity contribution >= 4 is 23.4 Å². The van der Waals surface area contributed by atoms with Gasteiger partial charge in [0, 0.05) is 10.8 Å². The lowest BCUT2D eigenvalue weighted by Crippen LogP contribution is -1.82. The highest BCUT2D eigenvalue weighted by Crippen LogP contribution is 2.16. The molecule has 0 fully saturated rings. The molecule has 0 unspecified atom stereocenters. The van der Waals surface area contributed by atoms with Gasteiger partial charge in [-0.1, -0.05) is 37.1 Å². The highest BCUT2D eigenvalue weighted by Gasteiger charge is 1.93. The maximum absolute atomic E-state index is 5.78. The second-order valence-corrected chi connectivity index (χ2v) is 4.43. The van der Waals surface area contributed by atoms with Crippen LogP contribution in [0.25, 0.3) is 0 Å². The van der Waals surface area contributed by atoms with E-state index in [-0.39, 0.29) is 0 Å². The summed E-state index contributed by atoms with van der Waals surface area (Å²) in [7, 11) is 0. The summed E-state index contributed by atoms with van der Waals surface area (Å²) in [6.45, 7) is 3.81. The molecule has 0 nitrogen and oxygen atoms in total. The molecule has 1 radical (unpaired) electrons. The third-order valence-electron chi connectivity index (χ3n) is 1.72. The summed E-state index contributed by atoms with van der Waals surface area (Å²) in [6, 6.07) is 8.05. The van der Waals surface area contributed by atoms with Gasteiger partial charge in [-0.05, 0) is 29.9 Å². The summed E-state index contributed by atoms with van der Waals surface area (Å²) in [4.78, 5) is 0. The summed E-state index contributed by atoms with van der Waals surface area (Å²) in [5.74, 6) is 2.28. The van der Waals surface area contributed by atoms with Gasteiger partial charge in [-0.25, -0.2) is 0 Å². The van der Waals surface area contributed by atoms with Gasteiger partial charge in [0.2, 0.25) is 0 Å². The van der Waals surface area contributed by atoms with Crippen LogP contribution in [0.15, 0.2) is 24.3 Å². The van der Waals surface area contributed by atoms with E-state index in [0.29, 0.717) is 0 Å². The molecular weight excluding hydrogens is 200 g/mol. The minimum absolute atomic E-state index is 0.812. The Kier molecular flexibility index (Phi) is 5.33. The first-order valence-corrected chi connectivity index (χ1v) is 5.97. The van der Waals surface area contributed by atoms with E-state index in [0.717, 1.165) is 17.2 Å². The van der Waals surface area contributed by atoms with Gasteiger partial charge >= 0.3 is 0 Å². The van der Waals surface area contributed by atoms with Crippen molar-refractivity contribution in [2.75, 3.05) is 5.75 Å². The zero-order valence-electron chi connectivity index (χ0n) is 7.63. The van der Waals surface area contributed by atoms with E-state index in [9.17, 15) is 0 Å². The van der Waals surface area contributed by atoms with E-state index in [2.05, 4.69) is 19.1 Å². The average molecular weight is 214 g/mol. The molecule has 0 saturated heterocycles. The number of hydrogen-bond acceptors (Lipinski definition) is 1. The number of hydrogen-bond donors (Lipinski definition) is 0. The monoisotopic (exact) mass is 213 g/mol. The van der Waals surface area contributed by atoms with Gasteiger partial charge in [0.25, 0.3) is 0 Å². The minimum Gasteiger partial charge on any atom is -0.157 e. The second-order valence-electron chi connectivity index (χ2n) is 2.89. The summed E-state index contributed by atoms with van der Waals surface area (Å²) in [5.41, 5.74) is 1.35. The molecule has 0 aliphatic rings. The molecule has 0 aliphatic heterocycles. The van der Waals surface area contributed by atoms with Crippen LogP contribution in [0.1, 0.15) is 18.4 Å². The summed E-state index contributed by atoms with van der Waals surface area (Å²) >= 11 is 7.73. The lowest BCUT2D eigenvalue weighted by molar-refractivity contribution is 0.969. The van der Waals surface area contributed by atoms with E-state index in [1.165, 1.54) is 17.7 Å². The molecule has 2 heteroatoms. The zero-order valence-corrected chi connectivity index (χ0v) is 9.20. The van der Waals surface area contributed by atoms with E-state index in [4.69, 9.17) is 11.6 Å². The van der Waals surface area contributed by atoms with Crippen molar-refractivity contribution in [2.24, 2.45) is 0 Å². The van der Waals surface area contributed by atoms with Gasteiger partial charge in [-0.15, -0.1) is 0 Å². The Balaban J connectivity index is 2.25. The molecule has 0 amide bonds. The van der Waals surface area contributed by atoms with Crippen molar-refractivity contribution in [3.63, 3.8) is 0 Å². The average Bonchev–Trinajstić information content (AvgIpc) is 2.15. The Hall–Kier alpha value is -0.140. The quantitative estimate of drug-likeness (QED) is 0.661. The zero-order chi connectivity index (χ0) is 9.52. The summed E-state index contributed by atoms with van der Waals surface area (Å²) in [6.07, 6.45) is 2.24. The molecule has 71 valence electrons. The van der Waals surface area contributed by atoms with Crippen molar-refractivity contribution in [2.45, 2.75) is 18.6 Å². The molecule has 0 atom stereocenters. The topological polar surface area (TPSA) is 0 Å². The molecule has 0 aromatic heterocycles. The lowest BCUT2D eigenvalue weighted by Gasteiger charge is -2.00. The Morgan fingerprint density at radius 1 is 1.23 bits per heavy atom. The molecule has 0 N–H and O–H groups in total. The highest BCUT2D eigenvalue weighted by molar-refractivity contribution is 7.98. The Morgan fingerprint density at radius 3 is 2.54 bits per heavy atom. The number of unbranched alkanes of at least 4 members (excludes halogenated alkanes) is 1. The molecular formula is C11H14ClS. The largest absolute Gasteiger partial charge is 0.157 e. The van der Waals surface area contributed by atoms with E-state index in [1.54, 1.807) is 0 Å². The maximum atomic E-state index is 5.78. The summed E-state index contributed by atoms with van der Waals surface area (Å²) < 4.78 is 0. The van der Waals surface area contributed by atoms with Crippen molar-refractivity contribution in [3.8, 4) is 0 Å². The van der Waals surface area contributed by atoms with Crippen LogP contribution < -0.4 is 0 Å². The minimum atomic E-state index is 0.812. The fourth-order valence-electron chi connectivity index (χ4n) is 0.975. The van der Waals surface area contributed by atoms with Crippen molar-refractivity contribution in [1.29, 1.82) is 0 Å². The van der Waals surface area contributed by atoms with Crippen molar-refractivity contribution in [1.82, 2.24) is 0 Å². The number of halogens is 1. The predicted octanol–water partition coefficient (Wildman–Crippen LogP) is 4.19. The molecule has 0 saturated carbocycles. The van der Waals surface area contributed by atoms with E-state index < -0.39 is 0 Å². The van der Waals surface area contributed by atoms with Gasteiger partial charge in [-0.2, -0.15) is 11.8 Å². The van der Waals surface area contributed by atoms with Crippen LogP contribution in [0.4, 0.5) is 0 Å². The maximum Gasteiger partial charge on any atom is 0.0406 e. The second kappa shape index (κ2) is 6.33. The third kappa shape index (κ3) is 4.58. The van der Waals surface area contributed by atoms with Crippen LogP contribution in [0.3, 0.4) is 0 Å². The van der Waals surface area contributed by atoms with Crippen LogP contribution in [0, 0.1) is 6.92 Å². The van der Waals surface area contributed by atoms with Crippen LogP contribution >= 0.6 is 23.4 Å². The van der Waals surface area contributed by atoms with Crippen LogP contribution in [0.2, 0.25) is 5.02 Å². The first-order chi connectivity index (χ1) is 6.33. The van der Waals surface area contributed by atoms with E-state index in [1.807, 2.05) is 23.9 Å². The Bertz CT molecular complexity index is 230. The predicted molar refractivity (Wildman–Crippen MR) is 62.2 cm³/mol. The molecule has 0 bridgehead atoms. The van der Waals surface area contributed by atoms with Gasteiger partial charge in [0.05, 0.1) is 0 Å². The van der Waals surface area contributed by atoms with Gasteiger partial charge < -0.3 is 0 Å². The van der Waals surface area contributed by atoms with Gasteiger partial charge in [0.1, 0.15) is 0 Å². The molecule has 0 spiro atoms. The van der Waals surface area contributed by atoms with Crippen molar-refractivity contribution in [3.05, 3.63) is 41.8 Å². The first kappa shape index (κ1) is 10.9. The van der Waals surface area contributed by atoms with Crippen LogP contribution in [-0.2, 0) is 5.75 Å². The standard InChI is InChI=1S/C11H14ClS/c1-2-3-8-13-9-10-4-6-11(12)7-5-10/h4-7H,1-3,8-9H2. The number of rotatable bonds is 5. The highest BCUT2D eigenvalue weighted by atomic mass is 35.5. The molecule has 0 heterocycles. The van der Waals surface area contributed by atoms with Crippen LogP contribution in [0.5, 0.6) is 0 Å². The normalized spacial score (nSPS) is 10.3. The SMILES string of the molecule is [CH2]CCCSCc1ccc(Cl)cc1.